The van der Waals surface area contributed by atoms with Crippen molar-refractivity contribution in [2.24, 2.45) is 5.10 Å². The highest BCUT2D eigenvalue weighted by Gasteiger charge is 2.19. The van der Waals surface area contributed by atoms with Crippen LogP contribution in [0.5, 0.6) is 5.75 Å². The second-order valence-corrected chi connectivity index (χ2v) is 10.2. The summed E-state index contributed by atoms with van der Waals surface area (Å²) in [6, 6.07) is 18.2. The molecule has 7 nitrogen and oxygen atoms in total. The van der Waals surface area contributed by atoms with Crippen LogP contribution in [0.15, 0.2) is 96.3 Å². The van der Waals surface area contributed by atoms with Crippen LogP contribution < -0.4 is 10.3 Å². The first-order chi connectivity index (χ1) is 17.8. The molecule has 0 saturated heterocycles. The van der Waals surface area contributed by atoms with Crippen LogP contribution in [0, 0.1) is 0 Å². The highest BCUT2D eigenvalue weighted by atomic mass is 79.9. The number of furan rings is 1. The molecule has 2 aromatic heterocycles. The summed E-state index contributed by atoms with van der Waals surface area (Å²) < 4.78 is 13.5. The maximum Gasteiger partial charge on any atom is 0.345 e. The molecule has 0 atom stereocenters. The molecule has 0 aliphatic rings. The van der Waals surface area contributed by atoms with Gasteiger partial charge in [0.1, 0.15) is 0 Å². The van der Waals surface area contributed by atoms with Crippen LogP contribution in [0.25, 0.3) is 22.5 Å². The zero-order valence-corrected chi connectivity index (χ0v) is 23.2. The lowest BCUT2D eigenvalue weighted by atomic mass is 10.2. The number of fused-ring (bicyclic) bond motifs is 1. The summed E-state index contributed by atoms with van der Waals surface area (Å²) in [5, 5.41) is 5.34. The van der Waals surface area contributed by atoms with Crippen LogP contribution in [0.4, 0.5) is 0 Å². The minimum atomic E-state index is -0.694. The third-order valence-electron chi connectivity index (χ3n) is 5.19. The van der Waals surface area contributed by atoms with E-state index in [1.54, 1.807) is 54.6 Å². The molecule has 5 aromatic rings. The van der Waals surface area contributed by atoms with E-state index in [-0.39, 0.29) is 22.2 Å². The largest absolute Gasteiger partial charge is 0.461 e. The highest BCUT2D eigenvalue weighted by molar-refractivity contribution is 9.11. The molecule has 37 heavy (non-hydrogen) atoms. The van der Waals surface area contributed by atoms with Gasteiger partial charge in [0.05, 0.1) is 38.4 Å². The molecular formula is C26H13Br2Cl2N3O4. The Morgan fingerprint density at radius 2 is 1.86 bits per heavy atom. The van der Waals surface area contributed by atoms with E-state index in [0.29, 0.717) is 36.2 Å². The van der Waals surface area contributed by atoms with Gasteiger partial charge < -0.3 is 9.15 Å². The summed E-state index contributed by atoms with van der Waals surface area (Å²) in [6.45, 7) is 0. The third-order valence-corrected chi connectivity index (χ3v) is 6.79. The van der Waals surface area contributed by atoms with E-state index in [1.807, 2.05) is 0 Å². The van der Waals surface area contributed by atoms with Gasteiger partial charge in [-0.3, -0.25) is 4.79 Å². The van der Waals surface area contributed by atoms with Gasteiger partial charge in [0.25, 0.3) is 5.56 Å². The summed E-state index contributed by atoms with van der Waals surface area (Å²) in [5.41, 5.74) is 0.641. The molecule has 0 N–H and O–H groups in total. The van der Waals surface area contributed by atoms with E-state index in [4.69, 9.17) is 32.4 Å². The monoisotopic (exact) mass is 659 g/mol. The van der Waals surface area contributed by atoms with Gasteiger partial charge in [0.15, 0.2) is 11.5 Å². The Hall–Kier alpha value is -3.24. The number of halogens is 4. The average molecular weight is 662 g/mol. The molecule has 0 bridgehead atoms. The van der Waals surface area contributed by atoms with Gasteiger partial charge in [-0.2, -0.15) is 9.78 Å². The molecule has 0 radical (unpaired) electrons. The standard InChI is InChI=1S/C26H13Br2Cl2N3O4/c27-15-10-14(23(19(28)11-15)37-26(35)17-8-7-16(29)12-20(17)30)13-31-33-24(22-6-3-9-36-22)32-21-5-2-1-4-18(21)25(33)34/h1-13H. The van der Waals surface area contributed by atoms with Crippen LogP contribution in [0.2, 0.25) is 10.0 Å². The van der Waals surface area contributed by atoms with E-state index >= 15 is 0 Å². The van der Waals surface area contributed by atoms with E-state index in [2.05, 4.69) is 41.9 Å². The first-order valence-electron chi connectivity index (χ1n) is 10.6. The van der Waals surface area contributed by atoms with Gasteiger partial charge in [0.2, 0.25) is 5.82 Å². The number of para-hydroxylation sites is 1. The number of carbonyl (C=O) groups is 1. The van der Waals surface area contributed by atoms with Crippen molar-refractivity contribution in [2.45, 2.75) is 0 Å². The van der Waals surface area contributed by atoms with Gasteiger partial charge in [-0.1, -0.05) is 51.3 Å². The van der Waals surface area contributed by atoms with Crippen LogP contribution in [0.1, 0.15) is 15.9 Å². The number of carbonyl (C=O) groups excluding carboxylic acids is 1. The van der Waals surface area contributed by atoms with Crippen molar-refractivity contribution < 1.29 is 13.9 Å². The fourth-order valence-corrected chi connectivity index (χ4v) is 5.33. The smallest absolute Gasteiger partial charge is 0.345 e. The summed E-state index contributed by atoms with van der Waals surface area (Å²) in [5.74, 6) is 0.0504. The van der Waals surface area contributed by atoms with Crippen molar-refractivity contribution in [3.8, 4) is 17.3 Å². The van der Waals surface area contributed by atoms with Gasteiger partial charge in [0, 0.05) is 15.1 Å². The minimum Gasteiger partial charge on any atom is -0.461 e. The highest BCUT2D eigenvalue weighted by Crippen LogP contribution is 2.33. The molecular weight excluding hydrogens is 649 g/mol. The molecule has 0 fully saturated rings. The second kappa shape index (κ2) is 10.6. The number of hydrogen-bond donors (Lipinski definition) is 0. The summed E-state index contributed by atoms with van der Waals surface area (Å²) in [7, 11) is 0. The molecule has 0 amide bonds. The summed E-state index contributed by atoms with van der Waals surface area (Å²) >= 11 is 19.0. The maximum atomic E-state index is 13.4. The normalized spacial score (nSPS) is 11.4. The molecule has 2 heterocycles. The Bertz CT molecular complexity index is 1750. The number of nitrogens with zero attached hydrogens (tertiary/aromatic N) is 3. The van der Waals surface area contributed by atoms with Crippen LogP contribution in [-0.2, 0) is 0 Å². The van der Waals surface area contributed by atoms with Gasteiger partial charge in [-0.15, -0.1) is 0 Å². The van der Waals surface area contributed by atoms with Crippen molar-refractivity contribution >= 4 is 78.1 Å². The molecule has 3 aromatic carbocycles. The first-order valence-corrected chi connectivity index (χ1v) is 12.9. The SMILES string of the molecule is O=C(Oc1c(Br)cc(Br)cc1C=Nn1c(-c2ccco2)nc2ccccc2c1=O)c1ccc(Cl)cc1Cl. The number of aromatic nitrogens is 2. The summed E-state index contributed by atoms with van der Waals surface area (Å²) in [4.78, 5) is 30.8. The van der Waals surface area contributed by atoms with Crippen LogP contribution in [0.3, 0.4) is 0 Å². The number of benzene rings is 3. The van der Waals surface area contributed by atoms with Crippen molar-refractivity contribution in [1.29, 1.82) is 0 Å². The number of esters is 1. The van der Waals surface area contributed by atoms with Gasteiger partial charge in [-0.05, 0) is 70.5 Å². The molecule has 0 unspecified atom stereocenters. The van der Waals surface area contributed by atoms with E-state index in [0.717, 1.165) is 4.68 Å². The predicted molar refractivity (Wildman–Crippen MR) is 150 cm³/mol. The quantitative estimate of drug-likeness (QED) is 0.110. The average Bonchev–Trinajstić information content (AvgIpc) is 3.40. The number of hydrogen-bond acceptors (Lipinski definition) is 6. The lowest BCUT2D eigenvalue weighted by Crippen LogP contribution is -2.20. The van der Waals surface area contributed by atoms with E-state index in [1.165, 1.54) is 24.6 Å². The fourth-order valence-electron chi connectivity index (χ4n) is 3.50. The second-order valence-electron chi connectivity index (χ2n) is 7.61. The molecule has 0 spiro atoms. The maximum absolute atomic E-state index is 13.4. The topological polar surface area (TPSA) is 86.7 Å². The van der Waals surface area contributed by atoms with Crippen molar-refractivity contribution in [1.82, 2.24) is 9.66 Å². The lowest BCUT2D eigenvalue weighted by molar-refractivity contribution is 0.0733. The van der Waals surface area contributed by atoms with Gasteiger partial charge >= 0.3 is 5.97 Å². The molecule has 0 aliphatic carbocycles. The molecule has 184 valence electrons. The Morgan fingerprint density at radius 3 is 2.62 bits per heavy atom. The van der Waals surface area contributed by atoms with E-state index < -0.39 is 11.5 Å². The molecule has 0 aliphatic heterocycles. The van der Waals surface area contributed by atoms with Crippen molar-refractivity contribution in [3.05, 3.63) is 113 Å². The predicted octanol–water partition coefficient (Wildman–Crippen LogP) is 7.59. The minimum absolute atomic E-state index is 0.138. The Kier molecular flexibility index (Phi) is 7.30. The third kappa shape index (κ3) is 5.26. The van der Waals surface area contributed by atoms with Crippen LogP contribution >= 0.6 is 55.1 Å². The first kappa shape index (κ1) is 25.4. The Balaban J connectivity index is 1.61. The van der Waals surface area contributed by atoms with Crippen molar-refractivity contribution in [3.63, 3.8) is 0 Å². The molecule has 0 saturated carbocycles. The van der Waals surface area contributed by atoms with E-state index in [9.17, 15) is 9.59 Å². The van der Waals surface area contributed by atoms with Gasteiger partial charge in [-0.25, -0.2) is 9.78 Å². The summed E-state index contributed by atoms with van der Waals surface area (Å²) in [6.07, 6.45) is 2.88. The Morgan fingerprint density at radius 1 is 1.05 bits per heavy atom. The molecule has 11 heteroatoms. The Labute approximate surface area is 236 Å². The number of rotatable bonds is 5. The van der Waals surface area contributed by atoms with Crippen molar-refractivity contribution in [2.75, 3.05) is 0 Å². The van der Waals surface area contributed by atoms with Crippen LogP contribution in [-0.4, -0.2) is 21.8 Å². The number of ether oxygens (including phenoxy) is 1. The lowest BCUT2D eigenvalue weighted by Gasteiger charge is -2.12. The zero-order chi connectivity index (χ0) is 26.1. The zero-order valence-electron chi connectivity index (χ0n) is 18.5. The molecule has 5 rings (SSSR count). The fraction of sp³-hybridized carbons (Fsp3) is 0.